The van der Waals surface area contributed by atoms with E-state index in [4.69, 9.17) is 0 Å². The highest BCUT2D eigenvalue weighted by Crippen LogP contribution is 2.47. The van der Waals surface area contributed by atoms with E-state index >= 15 is 0 Å². The fourth-order valence-corrected chi connectivity index (χ4v) is 4.85. The van der Waals surface area contributed by atoms with Gasteiger partial charge in [0, 0.05) is 10.9 Å². The third kappa shape index (κ3) is 4.03. The first kappa shape index (κ1) is 19.2. The predicted octanol–water partition coefficient (Wildman–Crippen LogP) is 5.07. The average Bonchev–Trinajstić information content (AvgIpc) is 3.35. The maximum absolute atomic E-state index is 13.1. The minimum absolute atomic E-state index is 0.219. The highest BCUT2D eigenvalue weighted by atomic mass is 79.9. The number of unbranched alkanes of at least 4 members (excludes halogenated alkanes) is 2. The predicted molar refractivity (Wildman–Crippen MR) is 108 cm³/mol. The Bertz CT molecular complexity index is 925. The summed E-state index contributed by atoms with van der Waals surface area (Å²) in [6.07, 6.45) is 2.92. The third-order valence-electron chi connectivity index (χ3n) is 4.47. The Labute approximate surface area is 164 Å². The van der Waals surface area contributed by atoms with E-state index in [9.17, 15) is 8.42 Å². The standard InChI is InChI=1S/C21H22BrNO2S/c1-3-4-5-6-7-20-21(17-10-12-18(22)13-11-17)23(20)26(24,25)19-14-8-16(2)9-15-19/h8-15,20-21H,3-5H2,1-2H3/t20-,21+,23?/m0/s1. The molecule has 0 aromatic heterocycles. The average molecular weight is 432 g/mol. The van der Waals surface area contributed by atoms with Gasteiger partial charge in [-0.1, -0.05) is 65.0 Å². The first-order chi connectivity index (χ1) is 12.4. The van der Waals surface area contributed by atoms with Gasteiger partial charge in [0.2, 0.25) is 10.0 Å². The molecule has 0 aliphatic carbocycles. The summed E-state index contributed by atoms with van der Waals surface area (Å²) in [5, 5.41) is 0. The highest BCUT2D eigenvalue weighted by molar-refractivity contribution is 9.10. The Hall–Kier alpha value is -1.61. The van der Waals surface area contributed by atoms with Crippen LogP contribution in [0.5, 0.6) is 0 Å². The summed E-state index contributed by atoms with van der Waals surface area (Å²) in [7, 11) is -3.56. The summed E-state index contributed by atoms with van der Waals surface area (Å²) >= 11 is 3.43. The van der Waals surface area contributed by atoms with Crippen molar-refractivity contribution in [3.63, 3.8) is 0 Å². The van der Waals surface area contributed by atoms with Crippen LogP contribution in [0.15, 0.2) is 57.9 Å². The fourth-order valence-electron chi connectivity index (χ4n) is 2.92. The van der Waals surface area contributed by atoms with Gasteiger partial charge in [-0.25, -0.2) is 8.42 Å². The molecule has 0 amide bonds. The first-order valence-electron chi connectivity index (χ1n) is 8.79. The summed E-state index contributed by atoms with van der Waals surface area (Å²) in [5.41, 5.74) is 2.01. The molecular weight excluding hydrogens is 410 g/mol. The number of hydrogen-bond acceptors (Lipinski definition) is 2. The molecule has 1 heterocycles. The molecule has 3 nitrogen and oxygen atoms in total. The molecule has 0 saturated carbocycles. The van der Waals surface area contributed by atoms with Gasteiger partial charge in [-0.3, -0.25) is 0 Å². The van der Waals surface area contributed by atoms with Crippen LogP contribution in [0.25, 0.3) is 0 Å². The van der Waals surface area contributed by atoms with Crippen molar-refractivity contribution < 1.29 is 8.42 Å². The Morgan fingerprint density at radius 1 is 1.08 bits per heavy atom. The van der Waals surface area contributed by atoms with Gasteiger partial charge in [0.15, 0.2) is 0 Å². The second kappa shape index (κ2) is 7.96. The van der Waals surface area contributed by atoms with Gasteiger partial charge in [-0.05, 0) is 43.2 Å². The summed E-state index contributed by atoms with van der Waals surface area (Å²) in [4.78, 5) is 0.322. The molecule has 3 rings (SSSR count). The van der Waals surface area contributed by atoms with Crippen molar-refractivity contribution in [1.29, 1.82) is 0 Å². The maximum atomic E-state index is 13.1. The van der Waals surface area contributed by atoms with Crippen LogP contribution in [-0.2, 0) is 10.0 Å². The Balaban J connectivity index is 1.91. The van der Waals surface area contributed by atoms with E-state index in [1.807, 2.05) is 43.3 Å². The van der Waals surface area contributed by atoms with Gasteiger partial charge in [0.25, 0.3) is 0 Å². The zero-order chi connectivity index (χ0) is 18.7. The van der Waals surface area contributed by atoms with E-state index in [0.29, 0.717) is 4.90 Å². The quantitative estimate of drug-likeness (QED) is 0.376. The van der Waals surface area contributed by atoms with Crippen molar-refractivity contribution in [1.82, 2.24) is 4.31 Å². The summed E-state index contributed by atoms with van der Waals surface area (Å²) < 4.78 is 28.7. The first-order valence-corrected chi connectivity index (χ1v) is 11.0. The molecule has 0 bridgehead atoms. The maximum Gasteiger partial charge on any atom is 0.244 e. The van der Waals surface area contributed by atoms with E-state index in [2.05, 4.69) is 34.7 Å². The van der Waals surface area contributed by atoms with Gasteiger partial charge in [0.1, 0.15) is 6.04 Å². The van der Waals surface area contributed by atoms with Gasteiger partial charge in [-0.2, -0.15) is 4.31 Å². The molecule has 1 saturated heterocycles. The number of benzene rings is 2. The zero-order valence-electron chi connectivity index (χ0n) is 14.9. The van der Waals surface area contributed by atoms with Crippen molar-refractivity contribution in [3.05, 3.63) is 64.1 Å². The van der Waals surface area contributed by atoms with Gasteiger partial charge in [-0.15, -0.1) is 5.92 Å². The molecular formula is C21H22BrNO2S. The van der Waals surface area contributed by atoms with Crippen molar-refractivity contribution in [3.8, 4) is 11.8 Å². The Morgan fingerprint density at radius 2 is 1.73 bits per heavy atom. The normalized spacial score (nSPS) is 21.7. The van der Waals surface area contributed by atoms with E-state index in [0.717, 1.165) is 34.9 Å². The Morgan fingerprint density at radius 3 is 2.35 bits per heavy atom. The summed E-state index contributed by atoms with van der Waals surface area (Å²) in [6.45, 7) is 4.07. The monoisotopic (exact) mass is 431 g/mol. The molecule has 0 spiro atoms. The van der Waals surface area contributed by atoms with Crippen molar-refractivity contribution in [2.24, 2.45) is 0 Å². The number of sulfonamides is 1. The lowest BCUT2D eigenvalue weighted by Crippen LogP contribution is -2.14. The second-order valence-electron chi connectivity index (χ2n) is 6.51. The molecule has 5 heteroatoms. The molecule has 2 aromatic carbocycles. The highest BCUT2D eigenvalue weighted by Gasteiger charge is 2.55. The molecule has 1 aliphatic heterocycles. The molecule has 2 aromatic rings. The van der Waals surface area contributed by atoms with Gasteiger partial charge >= 0.3 is 0 Å². The van der Waals surface area contributed by atoms with Crippen molar-refractivity contribution in [2.45, 2.75) is 50.1 Å². The lowest BCUT2D eigenvalue weighted by Gasteiger charge is -2.07. The molecule has 1 unspecified atom stereocenters. The SMILES string of the molecule is CCCCC#C[C@H]1[C@@H](c2ccc(Br)cc2)N1S(=O)(=O)c1ccc(C)cc1. The number of nitrogens with zero attached hydrogens (tertiary/aromatic N) is 1. The number of aryl methyl sites for hydroxylation is 1. The lowest BCUT2D eigenvalue weighted by molar-refractivity contribution is 0.551. The van der Waals surface area contributed by atoms with E-state index in [-0.39, 0.29) is 12.1 Å². The minimum Gasteiger partial charge on any atom is -0.207 e. The number of hydrogen-bond donors (Lipinski definition) is 0. The van der Waals surface area contributed by atoms with E-state index in [1.54, 1.807) is 12.1 Å². The Kier molecular flexibility index (Phi) is 5.86. The van der Waals surface area contributed by atoms with Crippen LogP contribution in [0.2, 0.25) is 0 Å². The van der Waals surface area contributed by atoms with Crippen LogP contribution in [-0.4, -0.2) is 18.8 Å². The van der Waals surface area contributed by atoms with Crippen molar-refractivity contribution in [2.75, 3.05) is 0 Å². The molecule has 3 atom stereocenters. The molecule has 1 fully saturated rings. The number of rotatable bonds is 5. The number of halogens is 1. The van der Waals surface area contributed by atoms with Gasteiger partial charge in [0.05, 0.1) is 10.9 Å². The van der Waals surface area contributed by atoms with Crippen LogP contribution < -0.4 is 0 Å². The minimum atomic E-state index is -3.56. The third-order valence-corrected chi connectivity index (χ3v) is 6.88. The molecule has 0 N–H and O–H groups in total. The summed E-state index contributed by atoms with van der Waals surface area (Å²) in [5.74, 6) is 6.33. The van der Waals surface area contributed by atoms with Crippen LogP contribution in [0.1, 0.15) is 43.4 Å². The van der Waals surface area contributed by atoms with Crippen LogP contribution in [0.4, 0.5) is 0 Å². The van der Waals surface area contributed by atoms with Crippen LogP contribution in [0.3, 0.4) is 0 Å². The van der Waals surface area contributed by atoms with Crippen LogP contribution in [0, 0.1) is 18.8 Å². The second-order valence-corrected chi connectivity index (χ2v) is 9.27. The smallest absolute Gasteiger partial charge is 0.207 e. The van der Waals surface area contributed by atoms with Crippen LogP contribution >= 0.6 is 15.9 Å². The van der Waals surface area contributed by atoms with E-state index < -0.39 is 10.0 Å². The lowest BCUT2D eigenvalue weighted by atomic mass is 10.1. The molecule has 0 radical (unpaired) electrons. The summed E-state index contributed by atoms with van der Waals surface area (Å²) in [6, 6.07) is 14.3. The zero-order valence-corrected chi connectivity index (χ0v) is 17.3. The molecule has 1 aliphatic rings. The largest absolute Gasteiger partial charge is 0.244 e. The van der Waals surface area contributed by atoms with Crippen molar-refractivity contribution >= 4 is 26.0 Å². The molecule has 26 heavy (non-hydrogen) atoms. The van der Waals surface area contributed by atoms with Gasteiger partial charge < -0.3 is 0 Å². The van der Waals surface area contributed by atoms with E-state index in [1.165, 1.54) is 4.31 Å². The molecule has 136 valence electrons. The fraction of sp³-hybridized carbons (Fsp3) is 0.333. The topological polar surface area (TPSA) is 37.1 Å².